The molecule has 2 aliphatic rings. The van der Waals surface area contributed by atoms with Gasteiger partial charge in [0.2, 0.25) is 0 Å². The molecule has 1 spiro atoms. The fraction of sp³-hybridized carbons (Fsp3) is 0.667. The molecule has 1 aromatic rings. The van der Waals surface area contributed by atoms with Gasteiger partial charge in [-0.05, 0) is 50.0 Å². The highest BCUT2D eigenvalue weighted by Gasteiger charge is 2.47. The van der Waals surface area contributed by atoms with Crippen LogP contribution in [0.1, 0.15) is 24.1 Å². The molecule has 2 aliphatic heterocycles. The van der Waals surface area contributed by atoms with Gasteiger partial charge in [0.15, 0.2) is 0 Å². The van der Waals surface area contributed by atoms with Crippen molar-refractivity contribution in [2.24, 2.45) is 5.41 Å². The van der Waals surface area contributed by atoms with Crippen LogP contribution in [0.5, 0.6) is 0 Å². The molecule has 7 heteroatoms. The molecule has 122 valence electrons. The molecule has 0 unspecified atom stereocenters. The van der Waals surface area contributed by atoms with Gasteiger partial charge in [0, 0.05) is 40.5 Å². The standard InChI is InChI=1S/C15H19F3N2OS/c16-15(17,18)13-8-12(3-5-19-13)2-1-6-20-7-4-14(9-20)10-22(21)11-14/h3,5,8H,1-2,4,6-7,9-11H2. The molecule has 2 fully saturated rings. The van der Waals surface area contributed by atoms with Crippen molar-refractivity contribution in [3.8, 4) is 0 Å². The topological polar surface area (TPSA) is 33.2 Å². The van der Waals surface area contributed by atoms with Gasteiger partial charge in [-0.15, -0.1) is 0 Å². The zero-order valence-corrected chi connectivity index (χ0v) is 13.1. The van der Waals surface area contributed by atoms with E-state index < -0.39 is 22.7 Å². The normalized spacial score (nSPS) is 29.0. The molecule has 1 aromatic heterocycles. The molecule has 0 aromatic carbocycles. The zero-order valence-electron chi connectivity index (χ0n) is 12.2. The molecule has 2 saturated heterocycles. The van der Waals surface area contributed by atoms with Crippen LogP contribution >= 0.6 is 0 Å². The average molecular weight is 332 g/mol. The maximum absolute atomic E-state index is 12.6. The van der Waals surface area contributed by atoms with Crippen molar-refractivity contribution in [3.63, 3.8) is 0 Å². The van der Waals surface area contributed by atoms with Crippen LogP contribution in [-0.2, 0) is 23.4 Å². The largest absolute Gasteiger partial charge is 0.433 e. The number of nitrogens with zero attached hydrogens (tertiary/aromatic N) is 2. The highest BCUT2D eigenvalue weighted by Crippen LogP contribution is 2.39. The van der Waals surface area contributed by atoms with Crippen LogP contribution in [-0.4, -0.2) is 45.2 Å². The van der Waals surface area contributed by atoms with E-state index in [1.165, 1.54) is 6.20 Å². The third-order valence-electron chi connectivity index (χ3n) is 4.51. The number of likely N-dealkylation sites (tertiary alicyclic amines) is 1. The van der Waals surface area contributed by atoms with E-state index in [9.17, 15) is 17.4 Å². The molecule has 0 N–H and O–H groups in total. The number of halogens is 3. The van der Waals surface area contributed by atoms with Crippen molar-refractivity contribution in [1.29, 1.82) is 0 Å². The summed E-state index contributed by atoms with van der Waals surface area (Å²) in [4.78, 5) is 5.73. The molecule has 3 heterocycles. The molecule has 22 heavy (non-hydrogen) atoms. The Kier molecular flexibility index (Phi) is 4.29. The van der Waals surface area contributed by atoms with E-state index in [0.717, 1.165) is 50.0 Å². The average Bonchev–Trinajstić information content (AvgIpc) is 2.82. The molecule has 0 radical (unpaired) electrons. The minimum absolute atomic E-state index is 0.269. The summed E-state index contributed by atoms with van der Waals surface area (Å²) >= 11 is 0. The second kappa shape index (κ2) is 5.92. The van der Waals surface area contributed by atoms with Crippen molar-refractivity contribution < 1.29 is 17.4 Å². The summed E-state index contributed by atoms with van der Waals surface area (Å²) in [6.45, 7) is 2.89. The van der Waals surface area contributed by atoms with Crippen LogP contribution < -0.4 is 0 Å². The zero-order chi connectivity index (χ0) is 15.8. The van der Waals surface area contributed by atoms with Gasteiger partial charge in [0.25, 0.3) is 0 Å². The van der Waals surface area contributed by atoms with Crippen molar-refractivity contribution in [2.75, 3.05) is 31.1 Å². The summed E-state index contributed by atoms with van der Waals surface area (Å²) in [7, 11) is -0.623. The molecule has 0 aliphatic carbocycles. The number of hydrogen-bond acceptors (Lipinski definition) is 3. The molecule has 3 rings (SSSR count). The highest BCUT2D eigenvalue weighted by atomic mass is 32.2. The number of alkyl halides is 3. The lowest BCUT2D eigenvalue weighted by molar-refractivity contribution is -0.141. The minimum atomic E-state index is -4.38. The number of hydrogen-bond donors (Lipinski definition) is 0. The Morgan fingerprint density at radius 3 is 2.82 bits per heavy atom. The van der Waals surface area contributed by atoms with Gasteiger partial charge in [0.05, 0.1) is 0 Å². The van der Waals surface area contributed by atoms with Gasteiger partial charge in [0.1, 0.15) is 5.69 Å². The first-order valence-electron chi connectivity index (χ1n) is 7.46. The lowest BCUT2D eigenvalue weighted by Gasteiger charge is -2.37. The Bertz CT molecular complexity index is 568. The van der Waals surface area contributed by atoms with Gasteiger partial charge < -0.3 is 4.90 Å². The van der Waals surface area contributed by atoms with E-state index in [2.05, 4.69) is 9.88 Å². The van der Waals surface area contributed by atoms with Crippen LogP contribution in [0, 0.1) is 5.41 Å². The summed E-state index contributed by atoms with van der Waals surface area (Å²) < 4.78 is 49.1. The van der Waals surface area contributed by atoms with Crippen molar-refractivity contribution in [2.45, 2.75) is 25.4 Å². The van der Waals surface area contributed by atoms with Crippen molar-refractivity contribution >= 4 is 10.8 Å². The minimum Gasteiger partial charge on any atom is -0.303 e. The van der Waals surface area contributed by atoms with Crippen LogP contribution in [0.15, 0.2) is 18.3 Å². The predicted octanol–water partition coefficient (Wildman–Crippen LogP) is 2.49. The number of pyridine rings is 1. The summed E-state index contributed by atoms with van der Waals surface area (Å²) in [6, 6.07) is 2.79. The monoisotopic (exact) mass is 332 g/mol. The van der Waals surface area contributed by atoms with E-state index in [-0.39, 0.29) is 5.41 Å². The van der Waals surface area contributed by atoms with Crippen molar-refractivity contribution in [3.05, 3.63) is 29.6 Å². The number of aryl methyl sites for hydroxylation is 1. The van der Waals surface area contributed by atoms with E-state index in [0.29, 0.717) is 12.0 Å². The lowest BCUT2D eigenvalue weighted by atomic mass is 9.91. The maximum atomic E-state index is 12.6. The lowest BCUT2D eigenvalue weighted by Crippen LogP contribution is -2.46. The van der Waals surface area contributed by atoms with Gasteiger partial charge in [-0.1, -0.05) is 0 Å². The SMILES string of the molecule is O=S1CC2(CCN(CCCc3ccnc(C(F)(F)F)c3)C2)C1. The summed E-state index contributed by atoms with van der Waals surface area (Å²) in [5.74, 6) is 1.64. The molecule has 3 nitrogen and oxygen atoms in total. The Balaban J connectivity index is 1.47. The second-order valence-corrected chi connectivity index (χ2v) is 7.86. The molecule has 0 saturated carbocycles. The Morgan fingerprint density at radius 1 is 1.36 bits per heavy atom. The first-order valence-corrected chi connectivity index (χ1v) is 8.95. The van der Waals surface area contributed by atoms with Gasteiger partial charge in [-0.3, -0.25) is 9.19 Å². The maximum Gasteiger partial charge on any atom is 0.433 e. The van der Waals surface area contributed by atoms with E-state index in [4.69, 9.17) is 0 Å². The van der Waals surface area contributed by atoms with E-state index in [1.54, 1.807) is 6.07 Å². The highest BCUT2D eigenvalue weighted by molar-refractivity contribution is 7.86. The third-order valence-corrected chi connectivity index (χ3v) is 6.37. The molecule has 0 amide bonds. The Labute approximate surface area is 130 Å². The number of aromatic nitrogens is 1. The number of rotatable bonds is 4. The molecular weight excluding hydrogens is 313 g/mol. The molecule has 0 atom stereocenters. The van der Waals surface area contributed by atoms with Crippen LogP contribution in [0.25, 0.3) is 0 Å². The quantitative estimate of drug-likeness (QED) is 0.849. The summed E-state index contributed by atoms with van der Waals surface area (Å²) in [5.41, 5.74) is 0.133. The van der Waals surface area contributed by atoms with E-state index >= 15 is 0 Å². The van der Waals surface area contributed by atoms with E-state index in [1.807, 2.05) is 0 Å². The summed E-state index contributed by atoms with van der Waals surface area (Å²) in [5, 5.41) is 0. The predicted molar refractivity (Wildman–Crippen MR) is 78.9 cm³/mol. The summed E-state index contributed by atoms with van der Waals surface area (Å²) in [6.07, 6.45) is -0.586. The second-order valence-electron chi connectivity index (χ2n) is 6.41. The van der Waals surface area contributed by atoms with Gasteiger partial charge >= 0.3 is 6.18 Å². The third kappa shape index (κ3) is 3.51. The Morgan fingerprint density at radius 2 is 2.14 bits per heavy atom. The van der Waals surface area contributed by atoms with Gasteiger partial charge in [-0.25, -0.2) is 0 Å². The fourth-order valence-corrected chi connectivity index (χ4v) is 5.14. The van der Waals surface area contributed by atoms with Crippen LogP contribution in [0.4, 0.5) is 13.2 Å². The van der Waals surface area contributed by atoms with Crippen molar-refractivity contribution in [1.82, 2.24) is 9.88 Å². The first-order chi connectivity index (χ1) is 10.4. The first kappa shape index (κ1) is 15.9. The Hall–Kier alpha value is -0.950. The van der Waals surface area contributed by atoms with Crippen LogP contribution in [0.3, 0.4) is 0 Å². The molecule has 0 bridgehead atoms. The molecular formula is C15H19F3N2OS. The smallest absolute Gasteiger partial charge is 0.303 e. The fourth-order valence-electron chi connectivity index (χ4n) is 3.39. The van der Waals surface area contributed by atoms with Gasteiger partial charge in [-0.2, -0.15) is 13.2 Å². The van der Waals surface area contributed by atoms with Crippen LogP contribution in [0.2, 0.25) is 0 Å².